The summed E-state index contributed by atoms with van der Waals surface area (Å²) in [5.74, 6) is 0.00353. The Bertz CT molecular complexity index is 607. The van der Waals surface area contributed by atoms with Gasteiger partial charge in [0.1, 0.15) is 6.04 Å². The van der Waals surface area contributed by atoms with E-state index in [0.29, 0.717) is 13.2 Å². The number of hydrogen-bond acceptors (Lipinski definition) is 3. The van der Waals surface area contributed by atoms with Crippen molar-refractivity contribution in [2.24, 2.45) is 0 Å². The lowest BCUT2D eigenvalue weighted by atomic mass is 10.1. The van der Waals surface area contributed by atoms with Crippen LogP contribution in [-0.2, 0) is 16.0 Å². The molecule has 2 aromatic heterocycles. The topological polar surface area (TPSA) is 56.2 Å². The van der Waals surface area contributed by atoms with Crippen LogP contribution in [0.25, 0.3) is 10.9 Å². The van der Waals surface area contributed by atoms with E-state index in [1.54, 1.807) is 13.3 Å². The summed E-state index contributed by atoms with van der Waals surface area (Å²) in [6, 6.07) is 1.71. The molecule has 2 heterocycles. The highest BCUT2D eigenvalue weighted by Gasteiger charge is 2.18. The average molecular weight is 289 g/mol. The molecule has 2 aromatic rings. The summed E-state index contributed by atoms with van der Waals surface area (Å²) >= 11 is 0. The number of nitrogens with zero attached hydrogens (tertiary/aromatic N) is 2. The van der Waals surface area contributed by atoms with Gasteiger partial charge in [0.05, 0.1) is 12.1 Å². The monoisotopic (exact) mass is 289 g/mol. The maximum atomic E-state index is 12.2. The molecular formula is C16H23N3O2. The lowest BCUT2D eigenvalue weighted by molar-refractivity contribution is -0.123. The van der Waals surface area contributed by atoms with Crippen LogP contribution in [0, 0.1) is 0 Å². The number of nitrogens with one attached hydrogen (secondary N) is 1. The number of ether oxygens (including phenoxy) is 1. The summed E-state index contributed by atoms with van der Waals surface area (Å²) in [6.45, 7) is 5.12. The van der Waals surface area contributed by atoms with E-state index in [4.69, 9.17) is 4.74 Å². The number of methoxy groups -OCH3 is 1. The molecule has 0 spiro atoms. The van der Waals surface area contributed by atoms with E-state index in [-0.39, 0.29) is 11.9 Å². The summed E-state index contributed by atoms with van der Waals surface area (Å²) in [6.07, 6.45) is 7.79. The van der Waals surface area contributed by atoms with Gasteiger partial charge in [0.15, 0.2) is 0 Å². The van der Waals surface area contributed by atoms with Crippen LogP contribution in [0.2, 0.25) is 0 Å². The second-order valence-electron chi connectivity index (χ2n) is 5.16. The van der Waals surface area contributed by atoms with E-state index in [9.17, 15) is 4.79 Å². The maximum absolute atomic E-state index is 12.2. The normalized spacial score (nSPS) is 12.5. The minimum atomic E-state index is -0.252. The van der Waals surface area contributed by atoms with E-state index < -0.39 is 0 Å². The largest absolute Gasteiger partial charge is 0.383 e. The van der Waals surface area contributed by atoms with E-state index in [1.807, 2.05) is 23.8 Å². The molecule has 0 saturated carbocycles. The summed E-state index contributed by atoms with van der Waals surface area (Å²) in [5.41, 5.74) is 2.31. The van der Waals surface area contributed by atoms with Crippen molar-refractivity contribution >= 4 is 16.8 Å². The van der Waals surface area contributed by atoms with Gasteiger partial charge in [-0.15, -0.1) is 0 Å². The van der Waals surface area contributed by atoms with Crippen LogP contribution in [0.3, 0.4) is 0 Å². The number of fused-ring (bicyclic) bond motifs is 1. The van der Waals surface area contributed by atoms with Gasteiger partial charge in [-0.3, -0.25) is 9.78 Å². The van der Waals surface area contributed by atoms with Gasteiger partial charge in [-0.25, -0.2) is 0 Å². The fraction of sp³-hybridized carbons (Fsp3) is 0.500. The van der Waals surface area contributed by atoms with Crippen LogP contribution in [0.4, 0.5) is 0 Å². The molecule has 5 nitrogen and oxygen atoms in total. The van der Waals surface area contributed by atoms with Crippen LogP contribution in [0.15, 0.2) is 24.7 Å². The van der Waals surface area contributed by atoms with E-state index in [2.05, 4.69) is 23.4 Å². The molecule has 0 bridgehead atoms. The van der Waals surface area contributed by atoms with Gasteiger partial charge < -0.3 is 14.6 Å². The quantitative estimate of drug-likeness (QED) is 0.796. The summed E-state index contributed by atoms with van der Waals surface area (Å²) in [7, 11) is 1.62. The third kappa shape index (κ3) is 3.42. The summed E-state index contributed by atoms with van der Waals surface area (Å²) < 4.78 is 6.99. The molecule has 114 valence electrons. The van der Waals surface area contributed by atoms with Crippen LogP contribution < -0.4 is 5.32 Å². The Morgan fingerprint density at radius 3 is 3.05 bits per heavy atom. The molecule has 0 aliphatic heterocycles. The van der Waals surface area contributed by atoms with Gasteiger partial charge in [-0.05, 0) is 25.0 Å². The molecule has 0 aliphatic carbocycles. The van der Waals surface area contributed by atoms with Crippen LogP contribution in [0.1, 0.15) is 31.9 Å². The van der Waals surface area contributed by atoms with Crippen molar-refractivity contribution < 1.29 is 9.53 Å². The fourth-order valence-corrected chi connectivity index (χ4v) is 2.51. The second kappa shape index (κ2) is 7.22. The lowest BCUT2D eigenvalue weighted by Crippen LogP contribution is -2.33. The average Bonchev–Trinajstić information content (AvgIpc) is 2.86. The number of aromatic nitrogens is 2. The third-order valence-corrected chi connectivity index (χ3v) is 3.64. The molecule has 0 radical (unpaired) electrons. The van der Waals surface area contributed by atoms with Crippen molar-refractivity contribution in [1.82, 2.24) is 14.9 Å². The van der Waals surface area contributed by atoms with Gasteiger partial charge in [0.25, 0.3) is 0 Å². The number of pyridine rings is 1. The third-order valence-electron chi connectivity index (χ3n) is 3.64. The van der Waals surface area contributed by atoms with E-state index >= 15 is 0 Å². The van der Waals surface area contributed by atoms with Crippen LogP contribution in [0.5, 0.6) is 0 Å². The smallest absolute Gasteiger partial charge is 0.242 e. The van der Waals surface area contributed by atoms with Crippen molar-refractivity contribution in [2.45, 2.75) is 32.7 Å². The van der Waals surface area contributed by atoms with Crippen molar-refractivity contribution in [2.75, 3.05) is 20.3 Å². The Morgan fingerprint density at radius 2 is 2.33 bits per heavy atom. The molecule has 21 heavy (non-hydrogen) atoms. The highest BCUT2D eigenvalue weighted by molar-refractivity contribution is 5.87. The van der Waals surface area contributed by atoms with Crippen LogP contribution in [-0.4, -0.2) is 35.7 Å². The predicted octanol–water partition coefficient (Wildman–Crippen LogP) is 2.31. The number of aryl methyl sites for hydroxylation is 1. The first-order chi connectivity index (χ1) is 10.2. The Labute approximate surface area is 125 Å². The minimum absolute atomic E-state index is 0.00353. The summed E-state index contributed by atoms with van der Waals surface area (Å²) in [5, 5.41) is 4.02. The Kier molecular flexibility index (Phi) is 5.33. The molecule has 1 atom stereocenters. The Balaban J connectivity index is 2.26. The Hall–Kier alpha value is -1.88. The van der Waals surface area contributed by atoms with Gasteiger partial charge >= 0.3 is 0 Å². The molecule has 1 amide bonds. The zero-order valence-corrected chi connectivity index (χ0v) is 12.9. The Morgan fingerprint density at radius 1 is 1.52 bits per heavy atom. The molecule has 0 aromatic carbocycles. The molecule has 0 saturated heterocycles. The molecule has 5 heteroatoms. The van der Waals surface area contributed by atoms with Crippen molar-refractivity contribution in [3.63, 3.8) is 0 Å². The maximum Gasteiger partial charge on any atom is 0.242 e. The second-order valence-corrected chi connectivity index (χ2v) is 5.16. The van der Waals surface area contributed by atoms with E-state index in [0.717, 1.165) is 23.7 Å². The number of carbonyl (C=O) groups excluding carboxylic acids is 1. The standard InChI is InChI=1S/C16H23N3O2/c1-4-5-13-11-19(15-6-7-17-10-14(13)15)12(2)16(20)18-8-9-21-3/h6-7,10-12H,4-5,8-9H2,1-3H3,(H,18,20). The highest BCUT2D eigenvalue weighted by Crippen LogP contribution is 2.25. The predicted molar refractivity (Wildman–Crippen MR) is 83.3 cm³/mol. The molecule has 0 fully saturated rings. The number of hydrogen-bond donors (Lipinski definition) is 1. The van der Waals surface area contributed by atoms with Gasteiger partial charge in [-0.1, -0.05) is 13.3 Å². The zero-order valence-electron chi connectivity index (χ0n) is 12.9. The fourth-order valence-electron chi connectivity index (χ4n) is 2.51. The SMILES string of the molecule is CCCc1cn(C(C)C(=O)NCCOC)c2ccncc12. The molecular weight excluding hydrogens is 266 g/mol. The zero-order chi connectivity index (χ0) is 15.2. The van der Waals surface area contributed by atoms with Crippen molar-refractivity contribution in [3.05, 3.63) is 30.2 Å². The van der Waals surface area contributed by atoms with Gasteiger partial charge in [0, 0.05) is 37.6 Å². The minimum Gasteiger partial charge on any atom is -0.383 e. The summed E-state index contributed by atoms with van der Waals surface area (Å²) in [4.78, 5) is 16.4. The molecule has 2 rings (SSSR count). The first kappa shape index (κ1) is 15.5. The molecule has 0 aliphatic rings. The first-order valence-corrected chi connectivity index (χ1v) is 7.39. The highest BCUT2D eigenvalue weighted by atomic mass is 16.5. The van der Waals surface area contributed by atoms with Gasteiger partial charge in [0.2, 0.25) is 5.91 Å². The lowest BCUT2D eigenvalue weighted by Gasteiger charge is -2.15. The number of carbonyl (C=O) groups is 1. The van der Waals surface area contributed by atoms with E-state index in [1.165, 1.54) is 5.56 Å². The van der Waals surface area contributed by atoms with Crippen LogP contribution >= 0.6 is 0 Å². The molecule has 1 N–H and O–H groups in total. The first-order valence-electron chi connectivity index (χ1n) is 7.39. The number of amides is 1. The number of rotatable bonds is 7. The molecule has 1 unspecified atom stereocenters. The van der Waals surface area contributed by atoms with Crippen molar-refractivity contribution in [3.8, 4) is 0 Å². The van der Waals surface area contributed by atoms with Crippen molar-refractivity contribution in [1.29, 1.82) is 0 Å². The van der Waals surface area contributed by atoms with Gasteiger partial charge in [-0.2, -0.15) is 0 Å².